The predicted octanol–water partition coefficient (Wildman–Crippen LogP) is 4.15. The Morgan fingerprint density at radius 2 is 2.08 bits per heavy atom. The third-order valence-corrected chi connectivity index (χ3v) is 4.86. The summed E-state index contributed by atoms with van der Waals surface area (Å²) in [4.78, 5) is 16.8. The van der Waals surface area contributed by atoms with Crippen molar-refractivity contribution in [2.75, 3.05) is 18.2 Å². The van der Waals surface area contributed by atoms with Crippen LogP contribution in [0.25, 0.3) is 10.9 Å². The van der Waals surface area contributed by atoms with Crippen LogP contribution in [0.1, 0.15) is 11.1 Å². The minimum absolute atomic E-state index is 0.138. The first-order valence-corrected chi connectivity index (χ1v) is 8.96. The van der Waals surface area contributed by atoms with E-state index >= 15 is 0 Å². The van der Waals surface area contributed by atoms with Crippen molar-refractivity contribution in [3.05, 3.63) is 59.7 Å². The molecule has 0 saturated carbocycles. The van der Waals surface area contributed by atoms with Crippen molar-refractivity contribution in [3.63, 3.8) is 0 Å². The van der Waals surface area contributed by atoms with Crippen LogP contribution in [-0.2, 0) is 4.79 Å². The third kappa shape index (κ3) is 3.95. The van der Waals surface area contributed by atoms with E-state index in [4.69, 9.17) is 4.74 Å². The molecule has 0 radical (unpaired) electrons. The van der Waals surface area contributed by atoms with Crippen LogP contribution in [0.15, 0.2) is 53.6 Å². The van der Waals surface area contributed by atoms with Crippen molar-refractivity contribution < 1.29 is 9.53 Å². The van der Waals surface area contributed by atoms with E-state index in [1.807, 2.05) is 49.4 Å². The van der Waals surface area contributed by atoms with Gasteiger partial charge in [-0.3, -0.25) is 4.79 Å². The molecule has 0 atom stereocenters. The molecule has 0 aliphatic heterocycles. The van der Waals surface area contributed by atoms with Gasteiger partial charge in [0.05, 0.1) is 23.9 Å². The number of thioether (sulfide) groups is 1. The second-order valence-electron chi connectivity index (χ2n) is 5.66. The molecule has 1 aromatic heterocycles. The van der Waals surface area contributed by atoms with E-state index in [2.05, 4.69) is 16.4 Å². The standard InChI is InChI=1S/C20H17N3O2S/c1-13-5-3-4-6-17(13)22-19(24)12-26-20-15(11-21)9-14-7-8-16(25-2)10-18(14)23-20/h3-10H,12H2,1-2H3,(H,22,24). The first kappa shape index (κ1) is 17.8. The SMILES string of the molecule is COc1ccc2cc(C#N)c(SCC(=O)Nc3ccccc3C)nc2c1. The molecule has 3 aromatic rings. The number of aromatic nitrogens is 1. The quantitative estimate of drug-likeness (QED) is 0.689. The van der Waals surface area contributed by atoms with Crippen LogP contribution >= 0.6 is 11.8 Å². The number of nitriles is 1. The summed E-state index contributed by atoms with van der Waals surface area (Å²) < 4.78 is 5.22. The number of aryl methyl sites for hydroxylation is 1. The zero-order valence-electron chi connectivity index (χ0n) is 14.4. The van der Waals surface area contributed by atoms with Crippen LogP contribution in [-0.4, -0.2) is 23.8 Å². The Labute approximate surface area is 156 Å². The van der Waals surface area contributed by atoms with Gasteiger partial charge >= 0.3 is 0 Å². The second kappa shape index (κ2) is 7.89. The molecule has 6 heteroatoms. The van der Waals surface area contributed by atoms with Gasteiger partial charge in [-0.1, -0.05) is 30.0 Å². The van der Waals surface area contributed by atoms with Gasteiger partial charge in [-0.15, -0.1) is 0 Å². The van der Waals surface area contributed by atoms with Crippen molar-refractivity contribution in [2.45, 2.75) is 11.9 Å². The Morgan fingerprint density at radius 3 is 2.81 bits per heavy atom. The lowest BCUT2D eigenvalue weighted by Crippen LogP contribution is -2.15. The number of benzene rings is 2. The Hall–Kier alpha value is -3.04. The average molecular weight is 363 g/mol. The number of nitrogens with zero attached hydrogens (tertiary/aromatic N) is 2. The molecule has 0 bridgehead atoms. The number of amides is 1. The normalized spacial score (nSPS) is 10.3. The fraction of sp³-hybridized carbons (Fsp3) is 0.150. The smallest absolute Gasteiger partial charge is 0.234 e. The second-order valence-corrected chi connectivity index (χ2v) is 6.63. The van der Waals surface area contributed by atoms with E-state index in [1.54, 1.807) is 13.2 Å². The summed E-state index contributed by atoms with van der Waals surface area (Å²) >= 11 is 1.25. The lowest BCUT2D eigenvalue weighted by Gasteiger charge is -2.09. The predicted molar refractivity (Wildman–Crippen MR) is 104 cm³/mol. The molecule has 26 heavy (non-hydrogen) atoms. The molecular weight excluding hydrogens is 346 g/mol. The molecule has 0 saturated heterocycles. The van der Waals surface area contributed by atoms with Crippen LogP contribution < -0.4 is 10.1 Å². The number of nitrogens with one attached hydrogen (secondary N) is 1. The Morgan fingerprint density at radius 1 is 1.27 bits per heavy atom. The molecule has 0 aliphatic carbocycles. The van der Waals surface area contributed by atoms with Gasteiger partial charge in [-0.25, -0.2) is 4.98 Å². The number of anilines is 1. The molecule has 0 aliphatic rings. The van der Waals surface area contributed by atoms with E-state index < -0.39 is 0 Å². The molecule has 3 rings (SSSR count). The van der Waals surface area contributed by atoms with Crippen LogP contribution in [0.5, 0.6) is 5.75 Å². The lowest BCUT2D eigenvalue weighted by atomic mass is 10.1. The molecule has 1 amide bonds. The Kier molecular flexibility index (Phi) is 5.40. The highest BCUT2D eigenvalue weighted by molar-refractivity contribution is 8.00. The molecule has 0 unspecified atom stereocenters. The van der Waals surface area contributed by atoms with Crippen LogP contribution in [0, 0.1) is 18.3 Å². The number of pyridine rings is 1. The molecule has 0 fully saturated rings. The fourth-order valence-electron chi connectivity index (χ4n) is 2.48. The average Bonchev–Trinajstić information content (AvgIpc) is 2.66. The van der Waals surface area contributed by atoms with Crippen molar-refractivity contribution in [1.29, 1.82) is 5.26 Å². The summed E-state index contributed by atoms with van der Waals surface area (Å²) in [5.41, 5.74) is 2.97. The van der Waals surface area contributed by atoms with Gasteiger partial charge in [0.15, 0.2) is 0 Å². The molecule has 0 spiro atoms. The topological polar surface area (TPSA) is 75.0 Å². The molecular formula is C20H17N3O2S. The number of methoxy groups -OCH3 is 1. The summed E-state index contributed by atoms with van der Waals surface area (Å²) in [5, 5.41) is 13.7. The van der Waals surface area contributed by atoms with Gasteiger partial charge in [0.1, 0.15) is 16.8 Å². The maximum atomic E-state index is 12.2. The molecule has 1 heterocycles. The summed E-state index contributed by atoms with van der Waals surface area (Å²) in [6, 6.07) is 17.0. The summed E-state index contributed by atoms with van der Waals surface area (Å²) in [6.07, 6.45) is 0. The number of fused-ring (bicyclic) bond motifs is 1. The number of carbonyl (C=O) groups is 1. The summed E-state index contributed by atoms with van der Waals surface area (Å²) in [7, 11) is 1.59. The minimum Gasteiger partial charge on any atom is -0.497 e. The van der Waals surface area contributed by atoms with Crippen LogP contribution in [0.3, 0.4) is 0 Å². The van der Waals surface area contributed by atoms with Gasteiger partial charge in [-0.05, 0) is 36.8 Å². The number of hydrogen-bond acceptors (Lipinski definition) is 5. The molecule has 1 N–H and O–H groups in total. The first-order valence-electron chi connectivity index (χ1n) is 7.98. The maximum Gasteiger partial charge on any atom is 0.234 e. The largest absolute Gasteiger partial charge is 0.497 e. The van der Waals surface area contributed by atoms with Gasteiger partial charge in [0, 0.05) is 17.1 Å². The number of rotatable bonds is 5. The van der Waals surface area contributed by atoms with Gasteiger partial charge in [0.2, 0.25) is 5.91 Å². The van der Waals surface area contributed by atoms with Crippen molar-refractivity contribution in [3.8, 4) is 11.8 Å². The number of carbonyl (C=O) groups excluding carboxylic acids is 1. The van der Waals surface area contributed by atoms with E-state index in [0.29, 0.717) is 16.3 Å². The first-order chi connectivity index (χ1) is 12.6. The van der Waals surface area contributed by atoms with Crippen LogP contribution in [0.2, 0.25) is 0 Å². The zero-order chi connectivity index (χ0) is 18.5. The highest BCUT2D eigenvalue weighted by Crippen LogP contribution is 2.27. The number of hydrogen-bond donors (Lipinski definition) is 1. The third-order valence-electron chi connectivity index (χ3n) is 3.87. The molecule has 130 valence electrons. The van der Waals surface area contributed by atoms with Gasteiger partial charge in [-0.2, -0.15) is 5.26 Å². The van der Waals surface area contributed by atoms with Gasteiger partial charge in [0.25, 0.3) is 0 Å². The number of ether oxygens (including phenoxy) is 1. The Bertz CT molecular complexity index is 1010. The van der Waals surface area contributed by atoms with Crippen molar-refractivity contribution in [2.24, 2.45) is 0 Å². The lowest BCUT2D eigenvalue weighted by molar-refractivity contribution is -0.113. The summed E-state index contributed by atoms with van der Waals surface area (Å²) in [5.74, 6) is 0.731. The minimum atomic E-state index is -0.138. The molecule has 5 nitrogen and oxygen atoms in total. The van der Waals surface area contributed by atoms with Crippen molar-refractivity contribution in [1.82, 2.24) is 4.98 Å². The highest BCUT2D eigenvalue weighted by Gasteiger charge is 2.11. The van der Waals surface area contributed by atoms with Crippen molar-refractivity contribution >= 4 is 34.3 Å². The molecule has 2 aromatic carbocycles. The zero-order valence-corrected chi connectivity index (χ0v) is 15.3. The van der Waals surface area contributed by atoms with E-state index in [0.717, 1.165) is 22.2 Å². The highest BCUT2D eigenvalue weighted by atomic mass is 32.2. The van der Waals surface area contributed by atoms with E-state index in [-0.39, 0.29) is 11.7 Å². The van der Waals surface area contributed by atoms with Gasteiger partial charge < -0.3 is 10.1 Å². The van der Waals surface area contributed by atoms with E-state index in [1.165, 1.54) is 11.8 Å². The number of para-hydroxylation sites is 1. The maximum absolute atomic E-state index is 12.2. The summed E-state index contributed by atoms with van der Waals surface area (Å²) in [6.45, 7) is 1.94. The monoisotopic (exact) mass is 363 g/mol. The Balaban J connectivity index is 1.78. The van der Waals surface area contributed by atoms with E-state index in [9.17, 15) is 10.1 Å². The fourth-order valence-corrected chi connectivity index (χ4v) is 3.24. The van der Waals surface area contributed by atoms with Crippen LogP contribution in [0.4, 0.5) is 5.69 Å².